The molecule has 1 aromatic rings. The number of aliphatic hydroxyl groups is 1. The van der Waals surface area contributed by atoms with Gasteiger partial charge in [-0.2, -0.15) is 0 Å². The first-order valence-corrected chi connectivity index (χ1v) is 7.80. The van der Waals surface area contributed by atoms with E-state index in [1.807, 2.05) is 32.0 Å². The first-order valence-electron chi connectivity index (χ1n) is 7.80. The molecule has 21 heavy (non-hydrogen) atoms. The van der Waals surface area contributed by atoms with Gasteiger partial charge >= 0.3 is 0 Å². The lowest BCUT2D eigenvalue weighted by Crippen LogP contribution is -2.40. The topological polar surface area (TPSA) is 61.4 Å². The van der Waals surface area contributed by atoms with Gasteiger partial charge in [-0.3, -0.25) is 4.79 Å². The Balaban J connectivity index is 1.78. The van der Waals surface area contributed by atoms with E-state index in [1.165, 1.54) is 0 Å². The van der Waals surface area contributed by atoms with Crippen LogP contribution >= 0.6 is 0 Å². The number of carbonyl (C=O) groups excluding carboxylic acids is 1. The average Bonchev–Trinajstić information content (AvgIpc) is 2.47. The number of hydrogen-bond acceptors (Lipinski definition) is 3. The highest BCUT2D eigenvalue weighted by molar-refractivity contribution is 5.81. The maximum atomic E-state index is 12.0. The summed E-state index contributed by atoms with van der Waals surface area (Å²) in [6.07, 6.45) is 3.96. The van der Waals surface area contributed by atoms with Crippen LogP contribution in [-0.4, -0.2) is 30.2 Å². The minimum Gasteiger partial charge on any atom is -0.396 e. The number of benzene rings is 1. The van der Waals surface area contributed by atoms with E-state index < -0.39 is 0 Å². The first kappa shape index (κ1) is 15.8. The third-order valence-electron chi connectivity index (χ3n) is 4.38. The van der Waals surface area contributed by atoms with Crippen LogP contribution in [0.15, 0.2) is 18.2 Å². The van der Waals surface area contributed by atoms with Crippen molar-refractivity contribution in [3.8, 4) is 0 Å². The van der Waals surface area contributed by atoms with Crippen molar-refractivity contribution in [1.29, 1.82) is 0 Å². The summed E-state index contributed by atoms with van der Waals surface area (Å²) in [5.74, 6) is 0.469. The van der Waals surface area contributed by atoms with E-state index in [0.717, 1.165) is 42.5 Å². The predicted octanol–water partition coefficient (Wildman–Crippen LogP) is 2.38. The molecule has 0 unspecified atom stereocenters. The molecule has 4 heteroatoms. The minimum absolute atomic E-state index is 0.0464. The summed E-state index contributed by atoms with van der Waals surface area (Å²) in [6, 6.07) is 6.38. The smallest absolute Gasteiger partial charge is 0.239 e. The predicted molar refractivity (Wildman–Crippen MR) is 85.4 cm³/mol. The van der Waals surface area contributed by atoms with Gasteiger partial charge in [0.05, 0.1) is 6.54 Å². The molecule has 0 bridgehead atoms. The Morgan fingerprint density at radius 2 is 1.81 bits per heavy atom. The van der Waals surface area contributed by atoms with Crippen molar-refractivity contribution >= 4 is 11.6 Å². The number of para-hydroxylation sites is 1. The SMILES string of the molecule is Cc1cccc(C)c1NCC(=O)NC1CCC(CO)CC1. The summed E-state index contributed by atoms with van der Waals surface area (Å²) in [4.78, 5) is 12.0. The highest BCUT2D eigenvalue weighted by Gasteiger charge is 2.21. The van der Waals surface area contributed by atoms with Crippen molar-refractivity contribution in [2.24, 2.45) is 5.92 Å². The van der Waals surface area contributed by atoms with Crippen LogP contribution in [0.3, 0.4) is 0 Å². The van der Waals surface area contributed by atoms with Crippen molar-refractivity contribution in [1.82, 2.24) is 5.32 Å². The van der Waals surface area contributed by atoms with Gasteiger partial charge in [0, 0.05) is 18.3 Å². The molecule has 0 saturated heterocycles. The van der Waals surface area contributed by atoms with Crippen LogP contribution in [0.5, 0.6) is 0 Å². The number of carbonyl (C=O) groups is 1. The molecule has 0 aliphatic heterocycles. The van der Waals surface area contributed by atoms with Crippen molar-refractivity contribution in [2.75, 3.05) is 18.5 Å². The molecule has 0 radical (unpaired) electrons. The Kier molecular flexibility index (Phi) is 5.62. The molecule has 0 heterocycles. The van der Waals surface area contributed by atoms with Crippen LogP contribution in [0.4, 0.5) is 5.69 Å². The average molecular weight is 290 g/mol. The highest BCUT2D eigenvalue weighted by Crippen LogP contribution is 2.23. The zero-order chi connectivity index (χ0) is 15.2. The standard InChI is InChI=1S/C17H26N2O2/c1-12-4-3-5-13(2)17(12)18-10-16(21)19-15-8-6-14(11-20)7-9-15/h3-5,14-15,18,20H,6-11H2,1-2H3,(H,19,21). The van der Waals surface area contributed by atoms with Gasteiger partial charge in [-0.1, -0.05) is 18.2 Å². The fraction of sp³-hybridized carbons (Fsp3) is 0.588. The number of rotatable bonds is 5. The number of amides is 1. The Hall–Kier alpha value is -1.55. The first-order chi connectivity index (χ1) is 10.1. The second-order valence-electron chi connectivity index (χ2n) is 6.09. The van der Waals surface area contributed by atoms with Crippen molar-refractivity contribution in [3.05, 3.63) is 29.3 Å². The van der Waals surface area contributed by atoms with Crippen LogP contribution in [-0.2, 0) is 4.79 Å². The Bertz CT molecular complexity index is 459. The van der Waals surface area contributed by atoms with Gasteiger partial charge in [0.1, 0.15) is 0 Å². The molecule has 116 valence electrons. The summed E-state index contributed by atoms with van der Waals surface area (Å²) >= 11 is 0. The largest absolute Gasteiger partial charge is 0.396 e. The lowest BCUT2D eigenvalue weighted by Gasteiger charge is -2.28. The molecule has 1 aliphatic rings. The van der Waals surface area contributed by atoms with Crippen molar-refractivity contribution in [3.63, 3.8) is 0 Å². The molecule has 1 aliphatic carbocycles. The molecule has 0 spiro atoms. The van der Waals surface area contributed by atoms with Gasteiger partial charge in [-0.15, -0.1) is 0 Å². The maximum Gasteiger partial charge on any atom is 0.239 e. The Labute approximate surface area is 126 Å². The fourth-order valence-corrected chi connectivity index (χ4v) is 3.03. The molecule has 4 nitrogen and oxygen atoms in total. The third kappa shape index (κ3) is 4.46. The van der Waals surface area contributed by atoms with Gasteiger partial charge in [0.25, 0.3) is 0 Å². The molecule has 0 atom stereocenters. The Morgan fingerprint density at radius 1 is 1.19 bits per heavy atom. The van der Waals surface area contributed by atoms with E-state index in [0.29, 0.717) is 12.5 Å². The van der Waals surface area contributed by atoms with Crippen molar-refractivity contribution < 1.29 is 9.90 Å². The number of aliphatic hydroxyl groups excluding tert-OH is 1. The van der Waals surface area contributed by atoms with E-state index in [9.17, 15) is 4.79 Å². The maximum absolute atomic E-state index is 12.0. The van der Waals surface area contributed by atoms with Crippen LogP contribution < -0.4 is 10.6 Å². The molecule has 1 fully saturated rings. The minimum atomic E-state index is 0.0464. The molecular formula is C17H26N2O2. The van der Waals surface area contributed by atoms with Gasteiger partial charge < -0.3 is 15.7 Å². The van der Waals surface area contributed by atoms with E-state index >= 15 is 0 Å². The van der Waals surface area contributed by atoms with Crippen LogP contribution in [0, 0.1) is 19.8 Å². The number of hydrogen-bond donors (Lipinski definition) is 3. The molecule has 0 aromatic heterocycles. The molecule has 2 rings (SSSR count). The second kappa shape index (κ2) is 7.46. The quantitative estimate of drug-likeness (QED) is 0.780. The third-order valence-corrected chi connectivity index (χ3v) is 4.38. The van der Waals surface area contributed by atoms with E-state index in [2.05, 4.69) is 10.6 Å². The number of aryl methyl sites for hydroxylation is 2. The normalized spacial score (nSPS) is 21.9. The van der Waals surface area contributed by atoms with Gasteiger partial charge in [-0.05, 0) is 56.6 Å². The summed E-state index contributed by atoms with van der Waals surface area (Å²) in [6.45, 7) is 4.67. The van der Waals surface area contributed by atoms with E-state index in [1.54, 1.807) is 0 Å². The molecule has 3 N–H and O–H groups in total. The van der Waals surface area contributed by atoms with Crippen LogP contribution in [0.25, 0.3) is 0 Å². The van der Waals surface area contributed by atoms with Gasteiger partial charge in [-0.25, -0.2) is 0 Å². The summed E-state index contributed by atoms with van der Waals surface area (Å²) in [5.41, 5.74) is 3.37. The zero-order valence-corrected chi connectivity index (χ0v) is 13.0. The summed E-state index contributed by atoms with van der Waals surface area (Å²) in [7, 11) is 0. The van der Waals surface area contributed by atoms with E-state index in [-0.39, 0.29) is 18.6 Å². The lowest BCUT2D eigenvalue weighted by molar-refractivity contribution is -0.120. The molecule has 1 saturated carbocycles. The molecule has 1 aromatic carbocycles. The molecule has 1 amide bonds. The Morgan fingerprint density at radius 3 is 2.38 bits per heavy atom. The fourth-order valence-electron chi connectivity index (χ4n) is 3.03. The van der Waals surface area contributed by atoms with E-state index in [4.69, 9.17) is 5.11 Å². The van der Waals surface area contributed by atoms with Gasteiger partial charge in [0.2, 0.25) is 5.91 Å². The van der Waals surface area contributed by atoms with Crippen LogP contribution in [0.1, 0.15) is 36.8 Å². The van der Waals surface area contributed by atoms with Gasteiger partial charge in [0.15, 0.2) is 0 Å². The lowest BCUT2D eigenvalue weighted by atomic mass is 9.86. The van der Waals surface area contributed by atoms with Crippen molar-refractivity contribution in [2.45, 2.75) is 45.6 Å². The second-order valence-corrected chi connectivity index (χ2v) is 6.09. The molecular weight excluding hydrogens is 264 g/mol. The number of anilines is 1. The monoisotopic (exact) mass is 290 g/mol. The summed E-state index contributed by atoms with van der Waals surface area (Å²) < 4.78 is 0. The number of nitrogens with one attached hydrogen (secondary N) is 2. The van der Waals surface area contributed by atoms with Crippen LogP contribution in [0.2, 0.25) is 0 Å². The zero-order valence-electron chi connectivity index (χ0n) is 13.0. The highest BCUT2D eigenvalue weighted by atomic mass is 16.3. The summed E-state index contributed by atoms with van der Waals surface area (Å²) in [5, 5.41) is 15.5.